The number of aryl methyl sites for hydroxylation is 1. The van der Waals surface area contributed by atoms with Crippen molar-refractivity contribution in [3.63, 3.8) is 0 Å². The smallest absolute Gasteiger partial charge is 0.0681 e. The van der Waals surface area contributed by atoms with Crippen molar-refractivity contribution < 1.29 is 5.11 Å². The van der Waals surface area contributed by atoms with Crippen LogP contribution in [0, 0.1) is 6.92 Å². The number of nitrogens with zero attached hydrogens (tertiary/aromatic N) is 1. The molecule has 1 aromatic rings. The summed E-state index contributed by atoms with van der Waals surface area (Å²) in [7, 11) is 0. The van der Waals surface area contributed by atoms with Gasteiger partial charge in [0.2, 0.25) is 0 Å². The number of benzene rings is 1. The van der Waals surface area contributed by atoms with E-state index in [1.54, 1.807) is 0 Å². The number of hydrogen-bond donors (Lipinski definition) is 2. The summed E-state index contributed by atoms with van der Waals surface area (Å²) in [5, 5.41) is 12.4. The van der Waals surface area contributed by atoms with E-state index in [9.17, 15) is 0 Å². The maximum atomic E-state index is 9.04. The average molecular weight is 206 g/mol. The molecule has 0 spiro atoms. The minimum absolute atomic E-state index is 0.128. The Morgan fingerprint density at radius 2 is 2.07 bits per heavy atom. The summed E-state index contributed by atoms with van der Waals surface area (Å²) < 4.78 is 0. The minimum Gasteiger partial charge on any atom is -0.392 e. The van der Waals surface area contributed by atoms with Crippen molar-refractivity contribution in [2.45, 2.75) is 13.5 Å². The Labute approximate surface area is 90.7 Å². The third-order valence-electron chi connectivity index (χ3n) is 2.90. The third-order valence-corrected chi connectivity index (χ3v) is 2.90. The summed E-state index contributed by atoms with van der Waals surface area (Å²) in [6.07, 6.45) is 0. The molecule has 0 aliphatic carbocycles. The monoisotopic (exact) mass is 206 g/mol. The highest BCUT2D eigenvalue weighted by molar-refractivity contribution is 5.54. The number of aliphatic hydroxyl groups excluding tert-OH is 1. The van der Waals surface area contributed by atoms with Crippen LogP contribution in [0.15, 0.2) is 18.2 Å². The lowest BCUT2D eigenvalue weighted by Crippen LogP contribution is -2.43. The lowest BCUT2D eigenvalue weighted by atomic mass is 10.1. The molecule has 1 aliphatic rings. The molecule has 15 heavy (non-hydrogen) atoms. The second kappa shape index (κ2) is 4.64. The van der Waals surface area contributed by atoms with E-state index in [1.165, 1.54) is 11.3 Å². The van der Waals surface area contributed by atoms with Gasteiger partial charge in [0.15, 0.2) is 0 Å². The zero-order chi connectivity index (χ0) is 10.7. The molecule has 1 aromatic carbocycles. The van der Waals surface area contributed by atoms with Gasteiger partial charge < -0.3 is 15.3 Å². The second-order valence-electron chi connectivity index (χ2n) is 4.02. The van der Waals surface area contributed by atoms with Crippen LogP contribution in [0.3, 0.4) is 0 Å². The maximum Gasteiger partial charge on any atom is 0.0681 e. The van der Waals surface area contributed by atoms with Crippen LogP contribution in [0.4, 0.5) is 5.69 Å². The van der Waals surface area contributed by atoms with Crippen molar-refractivity contribution in [1.29, 1.82) is 0 Å². The van der Waals surface area contributed by atoms with Gasteiger partial charge in [-0.3, -0.25) is 0 Å². The summed E-state index contributed by atoms with van der Waals surface area (Å²) in [5.41, 5.74) is 3.54. The molecule has 3 nitrogen and oxygen atoms in total. The second-order valence-corrected chi connectivity index (χ2v) is 4.02. The number of rotatable bonds is 2. The Balaban J connectivity index is 2.19. The van der Waals surface area contributed by atoms with Crippen molar-refractivity contribution in [2.75, 3.05) is 31.1 Å². The van der Waals surface area contributed by atoms with Crippen LogP contribution in [-0.4, -0.2) is 31.3 Å². The normalized spacial score (nSPS) is 16.8. The Bertz CT molecular complexity index is 332. The summed E-state index contributed by atoms with van der Waals surface area (Å²) >= 11 is 0. The van der Waals surface area contributed by atoms with Crippen LogP contribution in [0.5, 0.6) is 0 Å². The zero-order valence-corrected chi connectivity index (χ0v) is 9.16. The van der Waals surface area contributed by atoms with Gasteiger partial charge in [-0.2, -0.15) is 0 Å². The molecule has 0 radical (unpaired) electrons. The van der Waals surface area contributed by atoms with E-state index in [0.717, 1.165) is 31.7 Å². The van der Waals surface area contributed by atoms with E-state index in [4.69, 9.17) is 5.11 Å². The molecule has 1 heterocycles. The van der Waals surface area contributed by atoms with Crippen molar-refractivity contribution in [2.24, 2.45) is 0 Å². The summed E-state index contributed by atoms with van der Waals surface area (Å²) in [5.74, 6) is 0. The minimum atomic E-state index is 0.128. The Morgan fingerprint density at radius 3 is 2.67 bits per heavy atom. The average Bonchev–Trinajstić information content (AvgIpc) is 2.30. The Morgan fingerprint density at radius 1 is 1.33 bits per heavy atom. The van der Waals surface area contributed by atoms with Gasteiger partial charge in [-0.25, -0.2) is 0 Å². The highest BCUT2D eigenvalue weighted by Gasteiger charge is 2.12. The van der Waals surface area contributed by atoms with Crippen LogP contribution in [0.25, 0.3) is 0 Å². The quantitative estimate of drug-likeness (QED) is 0.754. The van der Waals surface area contributed by atoms with E-state index in [2.05, 4.69) is 29.3 Å². The number of nitrogens with one attached hydrogen (secondary N) is 1. The van der Waals surface area contributed by atoms with E-state index < -0.39 is 0 Å². The first-order valence-electron chi connectivity index (χ1n) is 5.47. The zero-order valence-electron chi connectivity index (χ0n) is 9.16. The van der Waals surface area contributed by atoms with Gasteiger partial charge in [-0.1, -0.05) is 12.1 Å². The molecule has 0 aromatic heterocycles. The van der Waals surface area contributed by atoms with Crippen LogP contribution in [-0.2, 0) is 6.61 Å². The molecule has 0 atom stereocenters. The van der Waals surface area contributed by atoms with Gasteiger partial charge in [0.05, 0.1) is 6.61 Å². The van der Waals surface area contributed by atoms with Crippen LogP contribution >= 0.6 is 0 Å². The fourth-order valence-corrected chi connectivity index (χ4v) is 2.08. The molecule has 0 amide bonds. The topological polar surface area (TPSA) is 35.5 Å². The molecular weight excluding hydrogens is 188 g/mol. The van der Waals surface area contributed by atoms with E-state index >= 15 is 0 Å². The SMILES string of the molecule is Cc1cc(CO)ccc1N1CCNCC1. The Hall–Kier alpha value is -1.06. The predicted octanol–water partition coefficient (Wildman–Crippen LogP) is 0.897. The molecule has 1 fully saturated rings. The Kier molecular flexibility index (Phi) is 3.23. The summed E-state index contributed by atoms with van der Waals surface area (Å²) in [6, 6.07) is 6.19. The standard InChI is InChI=1S/C12H18N2O/c1-10-8-11(9-15)2-3-12(10)14-6-4-13-5-7-14/h2-3,8,13,15H,4-7,9H2,1H3. The third kappa shape index (κ3) is 2.30. The highest BCUT2D eigenvalue weighted by atomic mass is 16.3. The van der Waals surface area contributed by atoms with Gasteiger partial charge in [-0.15, -0.1) is 0 Å². The molecular formula is C12H18N2O. The van der Waals surface area contributed by atoms with Crippen LogP contribution in [0.1, 0.15) is 11.1 Å². The molecule has 0 unspecified atom stereocenters. The predicted molar refractivity (Wildman–Crippen MR) is 62.2 cm³/mol. The lowest BCUT2D eigenvalue weighted by molar-refractivity contribution is 0.282. The van der Waals surface area contributed by atoms with Gasteiger partial charge in [-0.05, 0) is 24.1 Å². The summed E-state index contributed by atoms with van der Waals surface area (Å²) in [6.45, 7) is 6.49. The van der Waals surface area contributed by atoms with Gasteiger partial charge >= 0.3 is 0 Å². The van der Waals surface area contributed by atoms with Crippen LogP contribution in [0.2, 0.25) is 0 Å². The highest BCUT2D eigenvalue weighted by Crippen LogP contribution is 2.21. The first-order chi connectivity index (χ1) is 7.31. The van der Waals surface area contributed by atoms with Crippen molar-refractivity contribution in [3.05, 3.63) is 29.3 Å². The molecule has 0 bridgehead atoms. The van der Waals surface area contributed by atoms with Gasteiger partial charge in [0.1, 0.15) is 0 Å². The van der Waals surface area contributed by atoms with Crippen molar-refractivity contribution in [3.8, 4) is 0 Å². The van der Waals surface area contributed by atoms with E-state index in [-0.39, 0.29) is 6.61 Å². The molecule has 1 aliphatic heterocycles. The van der Waals surface area contributed by atoms with Crippen molar-refractivity contribution in [1.82, 2.24) is 5.32 Å². The lowest BCUT2D eigenvalue weighted by Gasteiger charge is -2.30. The van der Waals surface area contributed by atoms with Gasteiger partial charge in [0, 0.05) is 31.9 Å². The summed E-state index contributed by atoms with van der Waals surface area (Å²) in [4.78, 5) is 2.40. The molecule has 82 valence electrons. The molecule has 1 saturated heterocycles. The van der Waals surface area contributed by atoms with Gasteiger partial charge in [0.25, 0.3) is 0 Å². The molecule has 2 N–H and O–H groups in total. The maximum absolute atomic E-state index is 9.04. The number of hydrogen-bond acceptors (Lipinski definition) is 3. The number of piperazine rings is 1. The number of anilines is 1. The van der Waals surface area contributed by atoms with E-state index in [0.29, 0.717) is 0 Å². The first kappa shape index (κ1) is 10.5. The van der Waals surface area contributed by atoms with Crippen LogP contribution < -0.4 is 10.2 Å². The van der Waals surface area contributed by atoms with E-state index in [1.807, 2.05) is 6.07 Å². The first-order valence-corrected chi connectivity index (χ1v) is 5.47. The van der Waals surface area contributed by atoms with Crippen molar-refractivity contribution >= 4 is 5.69 Å². The fraction of sp³-hybridized carbons (Fsp3) is 0.500. The molecule has 2 rings (SSSR count). The fourth-order valence-electron chi connectivity index (χ4n) is 2.08. The molecule has 3 heteroatoms. The number of aliphatic hydroxyl groups is 1. The largest absolute Gasteiger partial charge is 0.392 e. The molecule has 0 saturated carbocycles.